The van der Waals surface area contributed by atoms with E-state index >= 15 is 0 Å². The van der Waals surface area contributed by atoms with E-state index in [1.165, 1.54) is 0 Å². The summed E-state index contributed by atoms with van der Waals surface area (Å²) in [6.45, 7) is 2.09. The minimum atomic E-state index is -1.19. The molecule has 0 spiro atoms. The molecule has 0 aromatic heterocycles. The van der Waals surface area contributed by atoms with Crippen LogP contribution in [-0.4, -0.2) is 35.5 Å². The van der Waals surface area contributed by atoms with Crippen LogP contribution in [0.25, 0.3) is 0 Å². The third-order valence-corrected chi connectivity index (χ3v) is 1.12. The van der Waals surface area contributed by atoms with Crippen molar-refractivity contribution in [2.45, 2.75) is 25.6 Å². The van der Waals surface area contributed by atoms with E-state index in [0.29, 0.717) is 6.61 Å². The molecule has 54 valence electrons. The molecule has 3 atom stereocenters. The predicted molar refractivity (Wildman–Crippen MR) is 28.5 cm³/mol. The Morgan fingerprint density at radius 2 is 2.00 bits per heavy atom. The average Bonchev–Trinajstić information content (AvgIpc) is 1.80. The molecule has 1 fully saturated rings. The molecule has 1 aliphatic rings. The second-order valence-electron chi connectivity index (χ2n) is 2.06. The van der Waals surface area contributed by atoms with Crippen molar-refractivity contribution in [2.24, 2.45) is 0 Å². The number of ether oxygens (including phenoxy) is 2. The molecule has 0 bridgehead atoms. The third-order valence-electron chi connectivity index (χ3n) is 1.12. The van der Waals surface area contributed by atoms with Crippen LogP contribution in [-0.2, 0) is 9.47 Å². The van der Waals surface area contributed by atoms with Gasteiger partial charge in [0.1, 0.15) is 0 Å². The molecular weight excluding hydrogens is 124 g/mol. The van der Waals surface area contributed by atoms with E-state index in [4.69, 9.17) is 14.9 Å². The number of hydrogen-bond acceptors (Lipinski definition) is 4. The normalized spacial score (nSPS) is 45.0. The standard InChI is InChI=1S/C5H10O4/c1-3-2-8-4(6)5(7)9-3/h3-7H,2H2,1H3/t3?,4-,5+/m0/s1. The molecule has 0 radical (unpaired) electrons. The smallest absolute Gasteiger partial charge is 0.207 e. The maximum absolute atomic E-state index is 8.75. The van der Waals surface area contributed by atoms with E-state index in [9.17, 15) is 0 Å². The van der Waals surface area contributed by atoms with E-state index < -0.39 is 12.6 Å². The van der Waals surface area contributed by atoms with Crippen LogP contribution in [0.3, 0.4) is 0 Å². The number of hydrogen-bond donors (Lipinski definition) is 2. The summed E-state index contributed by atoms with van der Waals surface area (Å²) in [7, 11) is 0. The van der Waals surface area contributed by atoms with Gasteiger partial charge in [0.2, 0.25) is 12.6 Å². The molecule has 0 amide bonds. The SMILES string of the molecule is CC1CO[C@H](O)[C@H](O)O1. The lowest BCUT2D eigenvalue weighted by Gasteiger charge is -2.28. The van der Waals surface area contributed by atoms with Crippen LogP contribution in [0.1, 0.15) is 6.92 Å². The van der Waals surface area contributed by atoms with Crippen molar-refractivity contribution in [3.63, 3.8) is 0 Å². The van der Waals surface area contributed by atoms with Crippen LogP contribution in [0.4, 0.5) is 0 Å². The lowest BCUT2D eigenvalue weighted by Crippen LogP contribution is -2.42. The molecule has 1 heterocycles. The predicted octanol–water partition coefficient (Wildman–Crippen LogP) is -0.942. The van der Waals surface area contributed by atoms with Crippen LogP contribution < -0.4 is 0 Å². The fourth-order valence-electron chi connectivity index (χ4n) is 0.661. The molecule has 1 unspecified atom stereocenters. The van der Waals surface area contributed by atoms with Crippen LogP contribution >= 0.6 is 0 Å². The Bertz CT molecular complexity index is 95.0. The van der Waals surface area contributed by atoms with E-state index in [1.807, 2.05) is 0 Å². The van der Waals surface area contributed by atoms with Crippen molar-refractivity contribution in [1.29, 1.82) is 0 Å². The highest BCUT2D eigenvalue weighted by molar-refractivity contribution is 4.58. The van der Waals surface area contributed by atoms with Gasteiger partial charge < -0.3 is 19.7 Å². The molecule has 0 saturated carbocycles. The molecule has 1 aliphatic heterocycles. The first-order chi connectivity index (χ1) is 4.20. The van der Waals surface area contributed by atoms with Crippen molar-refractivity contribution in [2.75, 3.05) is 6.61 Å². The highest BCUT2D eigenvalue weighted by atomic mass is 16.7. The summed E-state index contributed by atoms with van der Waals surface area (Å²) in [4.78, 5) is 0. The maximum Gasteiger partial charge on any atom is 0.207 e. The second kappa shape index (κ2) is 2.62. The van der Waals surface area contributed by atoms with Crippen molar-refractivity contribution < 1.29 is 19.7 Å². The van der Waals surface area contributed by atoms with E-state index in [1.54, 1.807) is 6.92 Å². The van der Waals surface area contributed by atoms with Gasteiger partial charge in [0.25, 0.3) is 0 Å². The van der Waals surface area contributed by atoms with Gasteiger partial charge in [-0.05, 0) is 6.92 Å². The first-order valence-electron chi connectivity index (χ1n) is 2.83. The molecule has 2 N–H and O–H groups in total. The molecule has 4 heteroatoms. The molecular formula is C5H10O4. The Labute approximate surface area is 53.0 Å². The van der Waals surface area contributed by atoms with Crippen LogP contribution in [0.5, 0.6) is 0 Å². The van der Waals surface area contributed by atoms with Gasteiger partial charge in [-0.3, -0.25) is 0 Å². The zero-order valence-corrected chi connectivity index (χ0v) is 5.15. The summed E-state index contributed by atoms with van der Waals surface area (Å²) in [5.74, 6) is 0. The zero-order chi connectivity index (χ0) is 6.85. The highest BCUT2D eigenvalue weighted by Crippen LogP contribution is 2.09. The van der Waals surface area contributed by atoms with Crippen molar-refractivity contribution >= 4 is 0 Å². The van der Waals surface area contributed by atoms with Gasteiger partial charge in [-0.25, -0.2) is 0 Å². The number of rotatable bonds is 0. The number of aliphatic hydroxyl groups is 2. The molecule has 0 aromatic carbocycles. The fourth-order valence-corrected chi connectivity index (χ4v) is 0.661. The summed E-state index contributed by atoms with van der Waals surface area (Å²) in [6, 6.07) is 0. The van der Waals surface area contributed by atoms with Crippen LogP contribution in [0.15, 0.2) is 0 Å². The quantitative estimate of drug-likeness (QED) is 0.449. The first-order valence-corrected chi connectivity index (χ1v) is 2.83. The van der Waals surface area contributed by atoms with E-state index in [0.717, 1.165) is 0 Å². The summed E-state index contributed by atoms with van der Waals surface area (Å²) < 4.78 is 9.46. The average molecular weight is 134 g/mol. The third kappa shape index (κ3) is 1.62. The Morgan fingerprint density at radius 1 is 1.33 bits per heavy atom. The van der Waals surface area contributed by atoms with Crippen molar-refractivity contribution in [1.82, 2.24) is 0 Å². The van der Waals surface area contributed by atoms with Gasteiger partial charge in [-0.1, -0.05) is 0 Å². The van der Waals surface area contributed by atoms with Crippen LogP contribution in [0, 0.1) is 0 Å². The molecule has 4 nitrogen and oxygen atoms in total. The monoisotopic (exact) mass is 134 g/mol. The van der Waals surface area contributed by atoms with Gasteiger partial charge in [0, 0.05) is 0 Å². The van der Waals surface area contributed by atoms with E-state index in [-0.39, 0.29) is 6.10 Å². The minimum Gasteiger partial charge on any atom is -0.364 e. The highest BCUT2D eigenvalue weighted by Gasteiger charge is 2.25. The minimum absolute atomic E-state index is 0.136. The topological polar surface area (TPSA) is 58.9 Å². The lowest BCUT2D eigenvalue weighted by molar-refractivity contribution is -0.311. The van der Waals surface area contributed by atoms with Crippen LogP contribution in [0.2, 0.25) is 0 Å². The summed E-state index contributed by atoms with van der Waals surface area (Å²) >= 11 is 0. The molecule has 1 saturated heterocycles. The first kappa shape index (κ1) is 6.95. The fraction of sp³-hybridized carbons (Fsp3) is 1.00. The van der Waals surface area contributed by atoms with Gasteiger partial charge in [-0.2, -0.15) is 0 Å². The maximum atomic E-state index is 8.75. The Hall–Kier alpha value is -0.160. The number of aliphatic hydroxyl groups excluding tert-OH is 2. The molecule has 0 aliphatic carbocycles. The molecule has 0 aromatic rings. The Balaban J connectivity index is 2.35. The Morgan fingerprint density at radius 3 is 2.44 bits per heavy atom. The summed E-state index contributed by atoms with van der Waals surface area (Å²) in [6.07, 6.45) is -2.50. The van der Waals surface area contributed by atoms with E-state index in [2.05, 4.69) is 4.74 Å². The van der Waals surface area contributed by atoms with Crippen molar-refractivity contribution in [3.05, 3.63) is 0 Å². The Kier molecular flexibility index (Phi) is 2.02. The molecule has 1 rings (SSSR count). The summed E-state index contributed by atoms with van der Waals surface area (Å²) in [5.41, 5.74) is 0. The van der Waals surface area contributed by atoms with Gasteiger partial charge >= 0.3 is 0 Å². The lowest BCUT2D eigenvalue weighted by atomic mass is 10.4. The van der Waals surface area contributed by atoms with Gasteiger partial charge in [0.05, 0.1) is 12.7 Å². The largest absolute Gasteiger partial charge is 0.364 e. The summed E-state index contributed by atoms with van der Waals surface area (Å²) in [5, 5.41) is 17.4. The zero-order valence-electron chi connectivity index (χ0n) is 5.15. The second-order valence-corrected chi connectivity index (χ2v) is 2.06. The van der Waals surface area contributed by atoms with Gasteiger partial charge in [-0.15, -0.1) is 0 Å². The van der Waals surface area contributed by atoms with Gasteiger partial charge in [0.15, 0.2) is 0 Å². The van der Waals surface area contributed by atoms with Crippen molar-refractivity contribution in [3.8, 4) is 0 Å². The molecule has 9 heavy (non-hydrogen) atoms.